The largest absolute Gasteiger partial charge is 0.494 e. The number of carbonyl (C=O) groups excluding carboxylic acids is 1. The van der Waals surface area contributed by atoms with Gasteiger partial charge in [0.1, 0.15) is 11.6 Å². The summed E-state index contributed by atoms with van der Waals surface area (Å²) >= 11 is 0. The molecule has 4 heteroatoms. The van der Waals surface area contributed by atoms with Crippen LogP contribution in [0.4, 0.5) is 4.39 Å². The van der Waals surface area contributed by atoms with Gasteiger partial charge in [0.25, 0.3) is 0 Å². The van der Waals surface area contributed by atoms with Crippen molar-refractivity contribution in [2.24, 2.45) is 5.92 Å². The maximum atomic E-state index is 13.1. The molecule has 3 aromatic rings. The van der Waals surface area contributed by atoms with E-state index in [0.29, 0.717) is 12.2 Å². The molecular formula is C28H30FNO2. The van der Waals surface area contributed by atoms with Crippen molar-refractivity contribution in [3.8, 4) is 5.75 Å². The predicted molar refractivity (Wildman–Crippen MR) is 126 cm³/mol. The van der Waals surface area contributed by atoms with Gasteiger partial charge in [0, 0.05) is 18.0 Å². The van der Waals surface area contributed by atoms with Crippen molar-refractivity contribution < 1.29 is 13.9 Å². The Morgan fingerprint density at radius 3 is 2.22 bits per heavy atom. The standard InChI is InChI=1S/C28H30FNO2/c29-26-11-9-24(10-12-26)28(31)25-15-18-30(19-16-25)17-4-20-32-27-13-7-23(8-14-27)21-22-5-2-1-3-6-22/h1-3,5-14,25H,4,15-21H2. The maximum Gasteiger partial charge on any atom is 0.166 e. The summed E-state index contributed by atoms with van der Waals surface area (Å²) in [5.41, 5.74) is 3.21. The molecule has 0 aromatic heterocycles. The molecule has 4 rings (SSSR count). The fourth-order valence-corrected chi connectivity index (χ4v) is 4.28. The molecule has 3 aromatic carbocycles. The molecule has 1 heterocycles. The Labute approximate surface area is 189 Å². The quantitative estimate of drug-likeness (QED) is 0.318. The zero-order valence-corrected chi connectivity index (χ0v) is 18.4. The highest BCUT2D eigenvalue weighted by molar-refractivity contribution is 5.97. The normalized spacial score (nSPS) is 14.9. The van der Waals surface area contributed by atoms with Gasteiger partial charge in [0.2, 0.25) is 0 Å². The van der Waals surface area contributed by atoms with Crippen molar-refractivity contribution in [2.45, 2.75) is 25.7 Å². The highest BCUT2D eigenvalue weighted by atomic mass is 19.1. The summed E-state index contributed by atoms with van der Waals surface area (Å²) < 4.78 is 19.0. The summed E-state index contributed by atoms with van der Waals surface area (Å²) in [5, 5.41) is 0. The van der Waals surface area contributed by atoms with E-state index in [4.69, 9.17) is 4.74 Å². The number of ketones is 1. The fourth-order valence-electron chi connectivity index (χ4n) is 4.28. The van der Waals surface area contributed by atoms with Gasteiger partial charge in [-0.1, -0.05) is 42.5 Å². The number of hydrogen-bond acceptors (Lipinski definition) is 3. The molecule has 0 saturated carbocycles. The Balaban J connectivity index is 1.14. The molecule has 1 aliphatic heterocycles. The first-order valence-electron chi connectivity index (χ1n) is 11.5. The van der Waals surface area contributed by atoms with E-state index in [1.54, 1.807) is 12.1 Å². The average Bonchev–Trinajstić information content (AvgIpc) is 2.84. The topological polar surface area (TPSA) is 29.5 Å². The van der Waals surface area contributed by atoms with Crippen LogP contribution in [0.3, 0.4) is 0 Å². The average molecular weight is 432 g/mol. The lowest BCUT2D eigenvalue weighted by atomic mass is 9.89. The molecule has 0 unspecified atom stereocenters. The van der Waals surface area contributed by atoms with E-state index in [0.717, 1.165) is 51.1 Å². The Hall–Kier alpha value is -2.98. The van der Waals surface area contributed by atoms with Crippen LogP contribution in [0.25, 0.3) is 0 Å². The smallest absolute Gasteiger partial charge is 0.166 e. The monoisotopic (exact) mass is 431 g/mol. The number of benzene rings is 3. The number of ether oxygens (including phenoxy) is 1. The van der Waals surface area contributed by atoms with Crippen LogP contribution >= 0.6 is 0 Å². The van der Waals surface area contributed by atoms with Gasteiger partial charge in [0.15, 0.2) is 5.78 Å². The van der Waals surface area contributed by atoms with Crippen LogP contribution in [-0.4, -0.2) is 36.9 Å². The summed E-state index contributed by atoms with van der Waals surface area (Å²) in [6, 6.07) is 24.7. The molecule has 0 radical (unpaired) electrons. The van der Waals surface area contributed by atoms with Gasteiger partial charge in [0.05, 0.1) is 6.61 Å². The van der Waals surface area contributed by atoms with E-state index >= 15 is 0 Å². The molecule has 1 aliphatic rings. The summed E-state index contributed by atoms with van der Waals surface area (Å²) in [7, 11) is 0. The summed E-state index contributed by atoms with van der Waals surface area (Å²) in [6.07, 6.45) is 3.61. The molecule has 1 fully saturated rings. The van der Waals surface area contributed by atoms with Crippen LogP contribution in [-0.2, 0) is 6.42 Å². The molecule has 0 spiro atoms. The minimum absolute atomic E-state index is 0.0439. The first kappa shape index (κ1) is 22.2. The number of rotatable bonds is 9. The van der Waals surface area contributed by atoms with Crippen molar-refractivity contribution in [1.29, 1.82) is 0 Å². The number of hydrogen-bond donors (Lipinski definition) is 0. The lowest BCUT2D eigenvalue weighted by Gasteiger charge is -2.31. The van der Waals surface area contributed by atoms with Crippen LogP contribution < -0.4 is 4.74 Å². The molecule has 0 atom stereocenters. The minimum Gasteiger partial charge on any atom is -0.494 e. The third-order valence-electron chi connectivity index (χ3n) is 6.15. The Kier molecular flexibility index (Phi) is 7.68. The van der Waals surface area contributed by atoms with Gasteiger partial charge in [-0.15, -0.1) is 0 Å². The summed E-state index contributed by atoms with van der Waals surface area (Å²) in [6.45, 7) is 3.51. The van der Waals surface area contributed by atoms with E-state index in [1.165, 1.54) is 23.3 Å². The van der Waals surface area contributed by atoms with E-state index < -0.39 is 0 Å². The zero-order valence-electron chi connectivity index (χ0n) is 18.4. The SMILES string of the molecule is O=C(c1ccc(F)cc1)C1CCN(CCCOc2ccc(Cc3ccccc3)cc2)CC1. The van der Waals surface area contributed by atoms with Crippen LogP contribution in [0.1, 0.15) is 40.7 Å². The number of Topliss-reactive ketones (excluding diaryl/α,β-unsaturated/α-hetero) is 1. The second-order valence-corrected chi connectivity index (χ2v) is 8.50. The predicted octanol–water partition coefficient (Wildman–Crippen LogP) is 5.78. The van der Waals surface area contributed by atoms with Crippen LogP contribution in [0.5, 0.6) is 5.75 Å². The lowest BCUT2D eigenvalue weighted by molar-refractivity contribution is 0.0835. The second kappa shape index (κ2) is 11.1. The molecule has 166 valence electrons. The van der Waals surface area contributed by atoms with Crippen LogP contribution in [0.15, 0.2) is 78.9 Å². The van der Waals surface area contributed by atoms with Gasteiger partial charge in [-0.05, 0) is 86.3 Å². The third-order valence-corrected chi connectivity index (χ3v) is 6.15. The Morgan fingerprint density at radius 2 is 1.53 bits per heavy atom. The van der Waals surface area contributed by atoms with Crippen molar-refractivity contribution in [3.05, 3.63) is 101 Å². The van der Waals surface area contributed by atoms with Gasteiger partial charge in [-0.2, -0.15) is 0 Å². The Bertz CT molecular complexity index is 978. The summed E-state index contributed by atoms with van der Waals surface area (Å²) in [4.78, 5) is 15.0. The van der Waals surface area contributed by atoms with Crippen LogP contribution in [0.2, 0.25) is 0 Å². The van der Waals surface area contributed by atoms with Gasteiger partial charge in [-0.25, -0.2) is 4.39 Å². The lowest BCUT2D eigenvalue weighted by Crippen LogP contribution is -2.37. The van der Waals surface area contributed by atoms with E-state index in [-0.39, 0.29) is 17.5 Å². The molecule has 0 bridgehead atoms. The number of halogens is 1. The first-order valence-corrected chi connectivity index (χ1v) is 11.5. The van der Waals surface area contributed by atoms with E-state index in [1.807, 2.05) is 18.2 Å². The van der Waals surface area contributed by atoms with Crippen molar-refractivity contribution >= 4 is 5.78 Å². The highest BCUT2D eigenvalue weighted by Gasteiger charge is 2.25. The fraction of sp³-hybridized carbons (Fsp3) is 0.321. The highest BCUT2D eigenvalue weighted by Crippen LogP contribution is 2.22. The molecule has 32 heavy (non-hydrogen) atoms. The molecule has 0 aliphatic carbocycles. The van der Waals surface area contributed by atoms with Gasteiger partial charge in [-0.3, -0.25) is 4.79 Å². The zero-order chi connectivity index (χ0) is 22.2. The number of nitrogens with zero attached hydrogens (tertiary/aromatic N) is 1. The molecular weight excluding hydrogens is 401 g/mol. The Morgan fingerprint density at radius 1 is 0.875 bits per heavy atom. The number of carbonyl (C=O) groups is 1. The minimum atomic E-state index is -0.304. The van der Waals surface area contributed by atoms with E-state index in [2.05, 4.69) is 41.3 Å². The van der Waals surface area contributed by atoms with Gasteiger partial charge < -0.3 is 9.64 Å². The third kappa shape index (κ3) is 6.27. The van der Waals surface area contributed by atoms with Gasteiger partial charge >= 0.3 is 0 Å². The van der Waals surface area contributed by atoms with Crippen molar-refractivity contribution in [2.75, 3.05) is 26.2 Å². The molecule has 1 saturated heterocycles. The first-order chi connectivity index (χ1) is 15.7. The maximum absolute atomic E-state index is 13.1. The van der Waals surface area contributed by atoms with Crippen molar-refractivity contribution in [3.63, 3.8) is 0 Å². The molecule has 0 N–H and O–H groups in total. The van der Waals surface area contributed by atoms with Crippen LogP contribution in [0, 0.1) is 11.7 Å². The van der Waals surface area contributed by atoms with E-state index in [9.17, 15) is 9.18 Å². The molecule has 0 amide bonds. The second-order valence-electron chi connectivity index (χ2n) is 8.50. The van der Waals surface area contributed by atoms with Crippen molar-refractivity contribution in [1.82, 2.24) is 4.90 Å². The summed E-state index contributed by atoms with van der Waals surface area (Å²) in [5.74, 6) is 0.790. The number of likely N-dealkylation sites (tertiary alicyclic amines) is 1. The molecule has 3 nitrogen and oxygen atoms in total. The number of piperidine rings is 1.